The van der Waals surface area contributed by atoms with Crippen LogP contribution in [0.2, 0.25) is 0 Å². The fraction of sp³-hybridized carbons (Fsp3) is 0.100. The molecule has 94 valence electrons. The molecule has 8 heteroatoms. The summed E-state index contributed by atoms with van der Waals surface area (Å²) in [6.45, 7) is 0. The fourth-order valence-corrected chi connectivity index (χ4v) is 1.88. The van der Waals surface area contributed by atoms with Gasteiger partial charge in [0, 0.05) is 25.4 Å². The number of aryl methyl sites for hydroxylation is 1. The van der Waals surface area contributed by atoms with E-state index in [1.807, 2.05) is 0 Å². The molecule has 1 aromatic carbocycles. The Labute approximate surface area is 115 Å². The molecule has 0 fully saturated rings. The van der Waals surface area contributed by atoms with E-state index in [4.69, 9.17) is 0 Å². The van der Waals surface area contributed by atoms with Crippen LogP contribution in [0, 0.1) is 19.5 Å². The highest BCUT2D eigenvalue weighted by Crippen LogP contribution is 2.30. The van der Waals surface area contributed by atoms with Gasteiger partial charge in [0.15, 0.2) is 0 Å². The van der Waals surface area contributed by atoms with Crippen LogP contribution in [0.3, 0.4) is 0 Å². The first-order chi connectivity index (χ1) is 8.47. The first kappa shape index (κ1) is 12.7. The molecule has 1 heterocycles. The number of nitrogens with one attached hydrogen (secondary N) is 1. The van der Waals surface area contributed by atoms with Crippen molar-refractivity contribution in [1.82, 2.24) is 9.78 Å². The van der Waals surface area contributed by atoms with E-state index in [0.717, 1.165) is 6.07 Å². The van der Waals surface area contributed by atoms with Crippen molar-refractivity contribution < 1.29 is 9.31 Å². The van der Waals surface area contributed by atoms with Gasteiger partial charge in [0.25, 0.3) is 5.69 Å². The van der Waals surface area contributed by atoms with E-state index in [2.05, 4.69) is 10.4 Å². The number of benzene rings is 1. The van der Waals surface area contributed by atoms with Gasteiger partial charge < -0.3 is 5.32 Å². The highest BCUT2D eigenvalue weighted by atomic mass is 127. The zero-order valence-electron chi connectivity index (χ0n) is 9.22. The number of halogens is 2. The molecule has 0 amide bonds. The molecule has 0 spiro atoms. The van der Waals surface area contributed by atoms with Crippen molar-refractivity contribution in [3.8, 4) is 0 Å². The van der Waals surface area contributed by atoms with Crippen molar-refractivity contribution in [3.05, 3.63) is 44.0 Å². The molecule has 2 rings (SSSR count). The molecule has 0 bridgehead atoms. The zero-order valence-corrected chi connectivity index (χ0v) is 11.4. The van der Waals surface area contributed by atoms with Gasteiger partial charge in [-0.2, -0.15) is 5.10 Å². The van der Waals surface area contributed by atoms with E-state index in [0.29, 0.717) is 5.69 Å². The summed E-state index contributed by atoms with van der Waals surface area (Å²) < 4.78 is 15.2. The molecular formula is C10H8FIN4O2. The minimum absolute atomic E-state index is 0.103. The monoisotopic (exact) mass is 362 g/mol. The lowest BCUT2D eigenvalue weighted by Gasteiger charge is -2.05. The Morgan fingerprint density at radius 1 is 1.56 bits per heavy atom. The number of hydrogen-bond acceptors (Lipinski definition) is 4. The van der Waals surface area contributed by atoms with E-state index in [-0.39, 0.29) is 14.9 Å². The summed E-state index contributed by atoms with van der Waals surface area (Å²) >= 11 is 1.71. The molecule has 0 aliphatic heterocycles. The van der Waals surface area contributed by atoms with Crippen LogP contribution in [0.4, 0.5) is 21.5 Å². The summed E-state index contributed by atoms with van der Waals surface area (Å²) in [6.07, 6.45) is 3.14. The van der Waals surface area contributed by atoms with E-state index in [1.165, 1.54) is 16.9 Å². The first-order valence-electron chi connectivity index (χ1n) is 4.86. The maximum absolute atomic E-state index is 13.4. The van der Waals surface area contributed by atoms with Gasteiger partial charge in [-0.25, -0.2) is 4.39 Å². The first-order valence-corrected chi connectivity index (χ1v) is 5.94. The minimum atomic E-state index is -0.555. The topological polar surface area (TPSA) is 73.0 Å². The molecule has 1 aromatic heterocycles. The van der Waals surface area contributed by atoms with Crippen LogP contribution < -0.4 is 5.32 Å². The van der Waals surface area contributed by atoms with Gasteiger partial charge in [-0.05, 0) is 22.6 Å². The van der Waals surface area contributed by atoms with Crippen LogP contribution in [-0.4, -0.2) is 14.7 Å². The Hall–Kier alpha value is -1.71. The summed E-state index contributed by atoms with van der Waals surface area (Å²) in [5.41, 5.74) is 0.483. The molecule has 2 aromatic rings. The molecule has 18 heavy (non-hydrogen) atoms. The third-order valence-corrected chi connectivity index (χ3v) is 3.05. The standard InChI is InChI=1S/C10H8FIN4O2/c1-15-5-6(4-13-15)14-9-2-7(11)8(12)3-10(9)16(17)18/h2-5,14H,1H3. The van der Waals surface area contributed by atoms with E-state index in [1.54, 1.807) is 35.8 Å². The predicted molar refractivity (Wildman–Crippen MR) is 72.3 cm³/mol. The number of nitro benzene ring substituents is 1. The van der Waals surface area contributed by atoms with Gasteiger partial charge in [0.1, 0.15) is 11.5 Å². The number of nitrogens with zero attached hydrogens (tertiary/aromatic N) is 3. The summed E-state index contributed by atoms with van der Waals surface area (Å²) in [5, 5.41) is 17.6. The highest BCUT2D eigenvalue weighted by molar-refractivity contribution is 14.1. The third kappa shape index (κ3) is 2.58. The van der Waals surface area contributed by atoms with Gasteiger partial charge in [-0.3, -0.25) is 14.8 Å². The van der Waals surface area contributed by atoms with Crippen molar-refractivity contribution in [1.29, 1.82) is 0 Å². The lowest BCUT2D eigenvalue weighted by atomic mass is 10.2. The van der Waals surface area contributed by atoms with Crippen LogP contribution in [0.15, 0.2) is 24.5 Å². The number of hydrogen-bond donors (Lipinski definition) is 1. The Balaban J connectivity index is 2.42. The molecule has 0 saturated heterocycles. The fourth-order valence-electron chi connectivity index (χ4n) is 1.43. The van der Waals surface area contributed by atoms with E-state index < -0.39 is 10.7 Å². The summed E-state index contributed by atoms with van der Waals surface area (Å²) in [6, 6.07) is 2.29. The summed E-state index contributed by atoms with van der Waals surface area (Å²) in [4.78, 5) is 10.3. The van der Waals surface area contributed by atoms with Crippen molar-refractivity contribution in [2.75, 3.05) is 5.32 Å². The van der Waals surface area contributed by atoms with Crippen LogP contribution in [0.1, 0.15) is 0 Å². The van der Waals surface area contributed by atoms with Gasteiger partial charge in [0.05, 0.1) is 20.4 Å². The smallest absolute Gasteiger partial charge is 0.293 e. The number of anilines is 2. The molecule has 0 unspecified atom stereocenters. The Morgan fingerprint density at radius 2 is 2.28 bits per heavy atom. The molecule has 0 saturated carbocycles. The molecule has 0 radical (unpaired) electrons. The van der Waals surface area contributed by atoms with Crippen LogP contribution >= 0.6 is 22.6 Å². The van der Waals surface area contributed by atoms with Gasteiger partial charge in [-0.15, -0.1) is 0 Å². The molecule has 0 atom stereocenters. The SMILES string of the molecule is Cn1cc(Nc2cc(F)c(I)cc2[N+](=O)[O-])cn1. The molecule has 0 aliphatic rings. The summed E-state index contributed by atoms with van der Waals surface area (Å²) in [7, 11) is 1.72. The normalized spacial score (nSPS) is 10.4. The summed E-state index contributed by atoms with van der Waals surface area (Å²) in [5.74, 6) is -0.507. The van der Waals surface area contributed by atoms with Crippen LogP contribution in [0.25, 0.3) is 0 Å². The van der Waals surface area contributed by atoms with Gasteiger partial charge in [0.2, 0.25) is 0 Å². The Kier molecular flexibility index (Phi) is 3.45. The van der Waals surface area contributed by atoms with E-state index in [9.17, 15) is 14.5 Å². The van der Waals surface area contributed by atoms with Crippen molar-refractivity contribution in [2.24, 2.45) is 7.05 Å². The Bertz CT molecular complexity index is 614. The average molecular weight is 362 g/mol. The molecular weight excluding hydrogens is 354 g/mol. The maximum Gasteiger partial charge on any atom is 0.293 e. The second-order valence-electron chi connectivity index (χ2n) is 3.57. The number of aromatic nitrogens is 2. The van der Waals surface area contributed by atoms with Crippen LogP contribution in [0.5, 0.6) is 0 Å². The second-order valence-corrected chi connectivity index (χ2v) is 4.73. The third-order valence-electron chi connectivity index (χ3n) is 2.22. The zero-order chi connectivity index (χ0) is 13.3. The number of nitro groups is 1. The maximum atomic E-state index is 13.4. The lowest BCUT2D eigenvalue weighted by Crippen LogP contribution is -1.99. The number of rotatable bonds is 3. The molecule has 1 N–H and O–H groups in total. The molecule has 0 aliphatic carbocycles. The van der Waals surface area contributed by atoms with Gasteiger partial charge in [-0.1, -0.05) is 0 Å². The van der Waals surface area contributed by atoms with Crippen molar-refractivity contribution >= 4 is 39.7 Å². The Morgan fingerprint density at radius 3 is 2.83 bits per heavy atom. The van der Waals surface area contributed by atoms with Crippen molar-refractivity contribution in [2.45, 2.75) is 0 Å². The average Bonchev–Trinajstić information content (AvgIpc) is 2.68. The predicted octanol–water partition coefficient (Wildman–Crippen LogP) is 2.82. The van der Waals surface area contributed by atoms with Crippen molar-refractivity contribution in [3.63, 3.8) is 0 Å². The second kappa shape index (κ2) is 4.88. The van der Waals surface area contributed by atoms with E-state index >= 15 is 0 Å². The molecule has 6 nitrogen and oxygen atoms in total. The van der Waals surface area contributed by atoms with Gasteiger partial charge >= 0.3 is 0 Å². The van der Waals surface area contributed by atoms with Crippen LogP contribution in [-0.2, 0) is 7.05 Å². The highest BCUT2D eigenvalue weighted by Gasteiger charge is 2.17. The lowest BCUT2D eigenvalue weighted by molar-refractivity contribution is -0.384. The quantitative estimate of drug-likeness (QED) is 0.518. The largest absolute Gasteiger partial charge is 0.347 e. The minimum Gasteiger partial charge on any atom is -0.347 e.